The molecule has 0 spiro atoms. The second-order valence-electron chi connectivity index (χ2n) is 5.09. The Kier molecular flexibility index (Phi) is 9.36. The fourth-order valence-corrected chi connectivity index (χ4v) is 2.45. The van der Waals surface area contributed by atoms with E-state index in [2.05, 4.69) is 10.3 Å². The maximum absolute atomic E-state index is 6.09. The predicted octanol–water partition coefficient (Wildman–Crippen LogP) is 4.30. The molecule has 0 radical (unpaired) electrons. The molecule has 0 fully saturated rings. The molecule has 6 nitrogen and oxygen atoms in total. The number of nitrogens with zero attached hydrogens (tertiary/aromatic N) is 1. The standard InChI is InChI=1S/C18H22ClN3O3.HI/c1-4-25-16-7-5-12(9-17(16)24-3)11-21-18(20)22-13-6-8-15(23-2)14(19)10-13;/h5-10H,4,11H2,1-3H3,(H3,20,21,22);1H. The number of methoxy groups -OCH3 is 2. The summed E-state index contributed by atoms with van der Waals surface area (Å²) in [5, 5.41) is 3.49. The Balaban J connectivity index is 0.00000338. The minimum atomic E-state index is 0. The SMILES string of the molecule is CCOc1ccc(CN=C(N)Nc2ccc(OC)c(Cl)c2)cc1OC.I. The first kappa shape index (κ1) is 22.2. The molecular formula is C18H23ClIN3O3. The number of nitrogens with two attached hydrogens (primary N) is 1. The zero-order valence-electron chi connectivity index (χ0n) is 14.9. The Bertz CT molecular complexity index is 756. The number of hydrogen-bond donors (Lipinski definition) is 2. The van der Waals surface area contributed by atoms with Crippen molar-refractivity contribution >= 4 is 47.2 Å². The van der Waals surface area contributed by atoms with Crippen LogP contribution >= 0.6 is 35.6 Å². The molecule has 0 heterocycles. The first-order valence-corrected chi connectivity index (χ1v) is 8.15. The maximum atomic E-state index is 6.09. The Labute approximate surface area is 175 Å². The fourth-order valence-electron chi connectivity index (χ4n) is 2.19. The van der Waals surface area contributed by atoms with Crippen LogP contribution in [0.15, 0.2) is 41.4 Å². The number of aliphatic imine (C=N–C) groups is 1. The second kappa shape index (κ2) is 11.0. The molecule has 142 valence electrons. The predicted molar refractivity (Wildman–Crippen MR) is 117 cm³/mol. The van der Waals surface area contributed by atoms with Gasteiger partial charge in [-0.3, -0.25) is 0 Å². The molecule has 0 unspecified atom stereocenters. The van der Waals surface area contributed by atoms with Crippen molar-refractivity contribution < 1.29 is 14.2 Å². The molecule has 0 aliphatic carbocycles. The molecule has 2 aromatic carbocycles. The van der Waals surface area contributed by atoms with E-state index in [1.165, 1.54) is 0 Å². The van der Waals surface area contributed by atoms with Crippen LogP contribution < -0.4 is 25.3 Å². The van der Waals surface area contributed by atoms with Crippen LogP contribution in [0.4, 0.5) is 5.69 Å². The van der Waals surface area contributed by atoms with Gasteiger partial charge in [-0.15, -0.1) is 24.0 Å². The zero-order chi connectivity index (χ0) is 18.2. The van der Waals surface area contributed by atoms with Crippen molar-refractivity contribution in [3.05, 3.63) is 47.0 Å². The number of anilines is 1. The molecule has 0 aliphatic heterocycles. The number of ether oxygens (including phenoxy) is 3. The van der Waals surface area contributed by atoms with E-state index in [1.807, 2.05) is 31.2 Å². The average molecular weight is 492 g/mol. The van der Waals surface area contributed by atoms with Crippen LogP contribution in [0.2, 0.25) is 5.02 Å². The van der Waals surface area contributed by atoms with Gasteiger partial charge in [-0.25, -0.2) is 4.99 Å². The fraction of sp³-hybridized carbons (Fsp3) is 0.278. The Morgan fingerprint density at radius 3 is 2.38 bits per heavy atom. The van der Waals surface area contributed by atoms with Gasteiger partial charge in [0.15, 0.2) is 17.5 Å². The Morgan fingerprint density at radius 1 is 1.08 bits per heavy atom. The molecule has 0 aromatic heterocycles. The van der Waals surface area contributed by atoms with Gasteiger partial charge in [-0.1, -0.05) is 17.7 Å². The summed E-state index contributed by atoms with van der Waals surface area (Å²) < 4.78 is 15.9. The lowest BCUT2D eigenvalue weighted by atomic mass is 10.2. The summed E-state index contributed by atoms with van der Waals surface area (Å²) in [6.45, 7) is 2.91. The van der Waals surface area contributed by atoms with E-state index in [1.54, 1.807) is 26.4 Å². The van der Waals surface area contributed by atoms with Crippen LogP contribution in [0.5, 0.6) is 17.2 Å². The van der Waals surface area contributed by atoms with Gasteiger partial charge in [0.2, 0.25) is 0 Å². The monoisotopic (exact) mass is 491 g/mol. The van der Waals surface area contributed by atoms with Gasteiger partial charge in [0, 0.05) is 5.69 Å². The summed E-state index contributed by atoms with van der Waals surface area (Å²) in [6, 6.07) is 11.0. The van der Waals surface area contributed by atoms with Crippen LogP contribution in [0.1, 0.15) is 12.5 Å². The van der Waals surface area contributed by atoms with E-state index in [0.29, 0.717) is 35.4 Å². The topological polar surface area (TPSA) is 78.1 Å². The third-order valence-electron chi connectivity index (χ3n) is 3.38. The average Bonchev–Trinajstić information content (AvgIpc) is 2.61. The van der Waals surface area contributed by atoms with Crippen molar-refractivity contribution in [2.45, 2.75) is 13.5 Å². The maximum Gasteiger partial charge on any atom is 0.193 e. The molecule has 0 bridgehead atoms. The van der Waals surface area contributed by atoms with Gasteiger partial charge in [0.1, 0.15) is 5.75 Å². The Hall–Kier alpha value is -1.87. The van der Waals surface area contributed by atoms with Crippen LogP contribution in [0.3, 0.4) is 0 Å². The second-order valence-corrected chi connectivity index (χ2v) is 5.50. The van der Waals surface area contributed by atoms with E-state index in [4.69, 9.17) is 31.5 Å². The van der Waals surface area contributed by atoms with E-state index in [0.717, 1.165) is 11.3 Å². The van der Waals surface area contributed by atoms with Gasteiger partial charge in [-0.05, 0) is 42.8 Å². The van der Waals surface area contributed by atoms with Crippen molar-refractivity contribution in [1.29, 1.82) is 0 Å². The first-order valence-electron chi connectivity index (χ1n) is 7.77. The Morgan fingerprint density at radius 2 is 1.77 bits per heavy atom. The van der Waals surface area contributed by atoms with Crippen LogP contribution in [0.25, 0.3) is 0 Å². The number of benzene rings is 2. The van der Waals surface area contributed by atoms with Crippen molar-refractivity contribution in [1.82, 2.24) is 0 Å². The molecule has 26 heavy (non-hydrogen) atoms. The number of halogens is 2. The number of guanidine groups is 1. The number of rotatable bonds is 7. The molecule has 3 N–H and O–H groups in total. The van der Waals surface area contributed by atoms with E-state index >= 15 is 0 Å². The molecule has 0 amide bonds. The molecule has 2 rings (SSSR count). The van der Waals surface area contributed by atoms with E-state index in [-0.39, 0.29) is 29.9 Å². The van der Waals surface area contributed by atoms with Gasteiger partial charge >= 0.3 is 0 Å². The summed E-state index contributed by atoms with van der Waals surface area (Å²) >= 11 is 6.09. The number of hydrogen-bond acceptors (Lipinski definition) is 4. The normalized spacial score (nSPS) is 10.7. The lowest BCUT2D eigenvalue weighted by Crippen LogP contribution is -2.22. The van der Waals surface area contributed by atoms with Gasteiger partial charge in [0.25, 0.3) is 0 Å². The van der Waals surface area contributed by atoms with Crippen LogP contribution in [-0.4, -0.2) is 26.8 Å². The third-order valence-corrected chi connectivity index (χ3v) is 3.68. The molecule has 0 aliphatic rings. The zero-order valence-corrected chi connectivity index (χ0v) is 18.0. The highest BCUT2D eigenvalue weighted by molar-refractivity contribution is 14.0. The van der Waals surface area contributed by atoms with E-state index < -0.39 is 0 Å². The summed E-state index contributed by atoms with van der Waals surface area (Å²) in [5.41, 5.74) is 7.62. The van der Waals surface area contributed by atoms with Crippen molar-refractivity contribution in [3.8, 4) is 17.2 Å². The minimum Gasteiger partial charge on any atom is -0.495 e. The molecule has 0 saturated heterocycles. The highest BCUT2D eigenvalue weighted by Gasteiger charge is 2.06. The number of nitrogens with one attached hydrogen (secondary N) is 1. The summed E-state index contributed by atoms with van der Waals surface area (Å²) in [4.78, 5) is 4.33. The van der Waals surface area contributed by atoms with Crippen molar-refractivity contribution in [2.75, 3.05) is 26.1 Å². The first-order chi connectivity index (χ1) is 12.1. The molecule has 0 atom stereocenters. The van der Waals surface area contributed by atoms with Crippen molar-refractivity contribution in [3.63, 3.8) is 0 Å². The highest BCUT2D eigenvalue weighted by atomic mass is 127. The summed E-state index contributed by atoms with van der Waals surface area (Å²) in [5.74, 6) is 2.26. The van der Waals surface area contributed by atoms with Crippen LogP contribution in [0, 0.1) is 0 Å². The quantitative estimate of drug-likeness (QED) is 0.343. The van der Waals surface area contributed by atoms with Gasteiger partial charge in [0.05, 0.1) is 32.4 Å². The lowest BCUT2D eigenvalue weighted by Gasteiger charge is -2.11. The molecular weight excluding hydrogens is 469 g/mol. The van der Waals surface area contributed by atoms with Gasteiger partial charge in [-0.2, -0.15) is 0 Å². The van der Waals surface area contributed by atoms with Crippen LogP contribution in [-0.2, 0) is 6.54 Å². The minimum absolute atomic E-state index is 0. The largest absolute Gasteiger partial charge is 0.495 e. The third kappa shape index (κ3) is 6.14. The molecule has 8 heteroatoms. The lowest BCUT2D eigenvalue weighted by molar-refractivity contribution is 0.310. The highest BCUT2D eigenvalue weighted by Crippen LogP contribution is 2.29. The van der Waals surface area contributed by atoms with Crippen molar-refractivity contribution in [2.24, 2.45) is 10.7 Å². The summed E-state index contributed by atoms with van der Waals surface area (Å²) in [6.07, 6.45) is 0. The molecule has 2 aromatic rings. The van der Waals surface area contributed by atoms with E-state index in [9.17, 15) is 0 Å². The van der Waals surface area contributed by atoms with Gasteiger partial charge < -0.3 is 25.3 Å². The smallest absolute Gasteiger partial charge is 0.193 e. The molecule has 0 saturated carbocycles. The summed E-state index contributed by atoms with van der Waals surface area (Å²) in [7, 11) is 3.17.